The molecule has 0 fully saturated rings. The van der Waals surface area contributed by atoms with Crippen molar-refractivity contribution >= 4 is 39.1 Å². The molecule has 7 nitrogen and oxygen atoms in total. The smallest absolute Gasteiger partial charge is 0.264 e. The summed E-state index contributed by atoms with van der Waals surface area (Å²) in [7, 11) is -3.16. The predicted octanol–water partition coefficient (Wildman–Crippen LogP) is 3.19. The summed E-state index contributed by atoms with van der Waals surface area (Å²) in [6.45, 7) is 0. The van der Waals surface area contributed by atoms with Crippen LogP contribution in [0.2, 0.25) is 10.0 Å². The Kier molecular flexibility index (Phi) is 5.37. The third-order valence-electron chi connectivity index (χ3n) is 3.57. The van der Waals surface area contributed by atoms with E-state index in [0.717, 1.165) is 22.9 Å². The van der Waals surface area contributed by atoms with Gasteiger partial charge < -0.3 is 0 Å². The molecule has 146 valence electrons. The Balaban J connectivity index is 1.97. The summed E-state index contributed by atoms with van der Waals surface area (Å²) in [5.41, 5.74) is -0.506. The van der Waals surface area contributed by atoms with Gasteiger partial charge in [-0.2, -0.15) is 0 Å². The van der Waals surface area contributed by atoms with E-state index in [2.05, 4.69) is 10.1 Å². The molecule has 1 aromatic heterocycles. The van der Waals surface area contributed by atoms with Gasteiger partial charge in [-0.05, 0) is 24.3 Å². The van der Waals surface area contributed by atoms with E-state index in [0.29, 0.717) is 0 Å². The minimum absolute atomic E-state index is 0.198. The van der Waals surface area contributed by atoms with Gasteiger partial charge in [0.05, 0.1) is 15.6 Å². The standard InChI is InChI=1S/C16H10Cl2F2N4O3S/c1-24-15(12-10(19)6-3-7-11(12)20)21-14(22-24)16(25)23-28(26,27)13-8(17)4-2-5-9(13)18/h2-7H,1H3,(H,23,25). The third kappa shape index (κ3) is 3.71. The van der Waals surface area contributed by atoms with Gasteiger partial charge in [-0.25, -0.2) is 31.6 Å². The largest absolute Gasteiger partial charge is 0.304 e. The second kappa shape index (κ2) is 7.46. The molecule has 0 aliphatic rings. The van der Waals surface area contributed by atoms with Gasteiger partial charge in [-0.3, -0.25) is 4.79 Å². The zero-order chi connectivity index (χ0) is 20.6. The van der Waals surface area contributed by atoms with Crippen LogP contribution in [0, 0.1) is 11.6 Å². The van der Waals surface area contributed by atoms with Crippen molar-refractivity contribution in [3.05, 3.63) is 63.9 Å². The fraction of sp³-hybridized carbons (Fsp3) is 0.0625. The lowest BCUT2D eigenvalue weighted by Crippen LogP contribution is -2.31. The molecule has 0 unspecified atom stereocenters. The number of benzene rings is 2. The van der Waals surface area contributed by atoms with Crippen LogP contribution in [0.15, 0.2) is 41.3 Å². The van der Waals surface area contributed by atoms with E-state index < -0.39 is 43.8 Å². The molecule has 0 atom stereocenters. The molecular weight excluding hydrogens is 437 g/mol. The highest BCUT2D eigenvalue weighted by atomic mass is 35.5. The summed E-state index contributed by atoms with van der Waals surface area (Å²) >= 11 is 11.7. The van der Waals surface area contributed by atoms with Crippen LogP contribution < -0.4 is 4.72 Å². The number of sulfonamides is 1. The number of carbonyl (C=O) groups is 1. The van der Waals surface area contributed by atoms with Gasteiger partial charge in [0, 0.05) is 7.05 Å². The number of hydrogen-bond donors (Lipinski definition) is 1. The zero-order valence-corrected chi connectivity index (χ0v) is 16.3. The van der Waals surface area contributed by atoms with Crippen molar-refractivity contribution < 1.29 is 22.0 Å². The molecule has 0 saturated heterocycles. The van der Waals surface area contributed by atoms with Gasteiger partial charge in [0.1, 0.15) is 16.5 Å². The van der Waals surface area contributed by atoms with E-state index in [4.69, 9.17) is 23.2 Å². The van der Waals surface area contributed by atoms with Crippen LogP contribution in [-0.4, -0.2) is 29.1 Å². The van der Waals surface area contributed by atoms with Crippen molar-refractivity contribution in [2.45, 2.75) is 4.90 Å². The van der Waals surface area contributed by atoms with Crippen LogP contribution in [0.4, 0.5) is 8.78 Å². The average Bonchev–Trinajstić information content (AvgIpc) is 2.96. The summed E-state index contributed by atoms with van der Waals surface area (Å²) in [6, 6.07) is 7.18. The lowest BCUT2D eigenvalue weighted by atomic mass is 10.2. The van der Waals surface area contributed by atoms with Crippen molar-refractivity contribution in [1.82, 2.24) is 19.5 Å². The minimum atomic E-state index is -4.45. The zero-order valence-electron chi connectivity index (χ0n) is 14.0. The number of carbonyl (C=O) groups excluding carboxylic acids is 1. The van der Waals surface area contributed by atoms with E-state index in [1.54, 1.807) is 4.72 Å². The van der Waals surface area contributed by atoms with Gasteiger partial charge in [-0.1, -0.05) is 35.3 Å². The number of nitrogens with one attached hydrogen (secondary N) is 1. The monoisotopic (exact) mass is 446 g/mol. The van der Waals surface area contributed by atoms with Crippen LogP contribution in [0.5, 0.6) is 0 Å². The van der Waals surface area contributed by atoms with Crippen LogP contribution in [-0.2, 0) is 17.1 Å². The first-order chi connectivity index (χ1) is 13.1. The number of nitrogens with zero attached hydrogens (tertiary/aromatic N) is 3. The Labute approximate surface area is 168 Å². The molecule has 28 heavy (non-hydrogen) atoms. The molecule has 12 heteroatoms. The van der Waals surface area contributed by atoms with Crippen molar-refractivity contribution in [3.63, 3.8) is 0 Å². The van der Waals surface area contributed by atoms with Crippen LogP contribution in [0.1, 0.15) is 10.6 Å². The molecule has 0 bridgehead atoms. The topological polar surface area (TPSA) is 94.0 Å². The Bertz CT molecular complexity index is 1160. The Morgan fingerprint density at radius 1 is 1.07 bits per heavy atom. The Hall–Kier alpha value is -2.56. The molecule has 3 rings (SSSR count). The van der Waals surface area contributed by atoms with E-state index in [1.807, 2.05) is 0 Å². The summed E-state index contributed by atoms with van der Waals surface area (Å²) < 4.78 is 55.5. The molecule has 2 aromatic carbocycles. The number of amides is 1. The number of hydrogen-bond acceptors (Lipinski definition) is 5. The first-order valence-corrected chi connectivity index (χ1v) is 9.72. The van der Waals surface area contributed by atoms with E-state index >= 15 is 0 Å². The predicted molar refractivity (Wildman–Crippen MR) is 97.5 cm³/mol. The molecule has 1 heterocycles. The van der Waals surface area contributed by atoms with E-state index in [-0.39, 0.29) is 15.9 Å². The fourth-order valence-electron chi connectivity index (χ4n) is 2.37. The molecule has 0 spiro atoms. The van der Waals surface area contributed by atoms with Crippen molar-refractivity contribution in [3.8, 4) is 11.4 Å². The summed E-state index contributed by atoms with van der Waals surface area (Å²) in [5.74, 6) is -3.98. The van der Waals surface area contributed by atoms with E-state index in [1.165, 1.54) is 25.2 Å². The van der Waals surface area contributed by atoms with Crippen molar-refractivity contribution in [2.75, 3.05) is 0 Å². The maximum Gasteiger partial charge on any atom is 0.304 e. The van der Waals surface area contributed by atoms with Gasteiger partial charge in [0.2, 0.25) is 5.82 Å². The number of aryl methyl sites for hydroxylation is 1. The van der Waals surface area contributed by atoms with Gasteiger partial charge in [0.15, 0.2) is 5.82 Å². The highest BCUT2D eigenvalue weighted by molar-refractivity contribution is 7.90. The molecule has 1 N–H and O–H groups in total. The molecule has 0 saturated carbocycles. The summed E-state index contributed by atoms with van der Waals surface area (Å²) in [5, 5.41) is 3.33. The fourth-order valence-corrected chi connectivity index (χ4v) is 4.46. The maximum absolute atomic E-state index is 14.0. The summed E-state index contributed by atoms with van der Waals surface area (Å²) in [6.07, 6.45) is 0. The number of aromatic nitrogens is 3. The van der Waals surface area contributed by atoms with E-state index in [9.17, 15) is 22.0 Å². The molecular formula is C16H10Cl2F2N4O3S. The van der Waals surface area contributed by atoms with Crippen molar-refractivity contribution in [1.29, 1.82) is 0 Å². The molecule has 0 aliphatic heterocycles. The lowest BCUT2D eigenvalue weighted by Gasteiger charge is -2.08. The maximum atomic E-state index is 14.0. The first kappa shape index (κ1) is 20.2. The minimum Gasteiger partial charge on any atom is -0.264 e. The van der Waals surface area contributed by atoms with Crippen LogP contribution in [0.25, 0.3) is 11.4 Å². The second-order valence-corrected chi connectivity index (χ2v) is 7.90. The SMILES string of the molecule is Cn1nc(C(=O)NS(=O)(=O)c2c(Cl)cccc2Cl)nc1-c1c(F)cccc1F. The molecule has 0 radical (unpaired) electrons. The lowest BCUT2D eigenvalue weighted by molar-refractivity contribution is 0.0971. The quantitative estimate of drug-likeness (QED) is 0.663. The normalized spacial score (nSPS) is 11.5. The Morgan fingerprint density at radius 3 is 2.18 bits per heavy atom. The molecule has 3 aromatic rings. The Morgan fingerprint density at radius 2 is 1.61 bits per heavy atom. The van der Waals surface area contributed by atoms with Gasteiger partial charge in [-0.15, -0.1) is 5.10 Å². The van der Waals surface area contributed by atoms with Crippen LogP contribution in [0.3, 0.4) is 0 Å². The highest BCUT2D eigenvalue weighted by Gasteiger charge is 2.27. The first-order valence-electron chi connectivity index (χ1n) is 7.48. The van der Waals surface area contributed by atoms with Crippen molar-refractivity contribution in [2.24, 2.45) is 7.05 Å². The van der Waals surface area contributed by atoms with Gasteiger partial charge >= 0.3 is 5.91 Å². The highest BCUT2D eigenvalue weighted by Crippen LogP contribution is 2.29. The number of rotatable bonds is 4. The average molecular weight is 447 g/mol. The summed E-state index contributed by atoms with van der Waals surface area (Å²) in [4.78, 5) is 15.6. The van der Waals surface area contributed by atoms with Gasteiger partial charge in [0.25, 0.3) is 10.0 Å². The molecule has 1 amide bonds. The molecule has 0 aliphatic carbocycles. The number of halogens is 4. The van der Waals surface area contributed by atoms with Crippen LogP contribution >= 0.6 is 23.2 Å². The second-order valence-electron chi connectivity index (χ2n) is 5.46. The third-order valence-corrected chi connectivity index (χ3v) is 5.85.